The van der Waals surface area contributed by atoms with E-state index in [9.17, 15) is 8.42 Å². The average molecular weight is 360 g/mol. The molecule has 1 aliphatic heterocycles. The van der Waals surface area contributed by atoms with Crippen molar-refractivity contribution in [2.24, 2.45) is 0 Å². The molecule has 1 unspecified atom stereocenters. The van der Waals surface area contributed by atoms with Gasteiger partial charge in [0.05, 0.1) is 18.1 Å². The van der Waals surface area contributed by atoms with Gasteiger partial charge in [-0.1, -0.05) is 55.1 Å². The molecule has 2 aromatic rings. The molecule has 1 aliphatic rings. The molecule has 0 saturated carbocycles. The summed E-state index contributed by atoms with van der Waals surface area (Å²) in [4.78, 5) is 0.0751. The molecule has 2 aromatic carbocycles. The van der Waals surface area contributed by atoms with E-state index < -0.39 is 22.0 Å². The lowest BCUT2D eigenvalue weighted by Gasteiger charge is -2.33. The molecule has 0 N–H and O–H groups in total. The van der Waals surface area contributed by atoms with Crippen molar-refractivity contribution < 1.29 is 22.1 Å². The molecular formula is C19H20O5S. The lowest BCUT2D eigenvalue weighted by molar-refractivity contribution is -0.216. The Labute approximate surface area is 148 Å². The zero-order valence-corrected chi connectivity index (χ0v) is 14.7. The fraction of sp³-hybridized carbons (Fsp3) is 0.263. The Balaban J connectivity index is 1.88. The van der Waals surface area contributed by atoms with Crippen LogP contribution in [0.3, 0.4) is 0 Å². The van der Waals surface area contributed by atoms with Crippen molar-refractivity contribution in [1.29, 1.82) is 0 Å². The van der Waals surface area contributed by atoms with Crippen molar-refractivity contribution in [1.82, 2.24) is 0 Å². The van der Waals surface area contributed by atoms with Gasteiger partial charge in [-0.25, -0.2) is 0 Å². The number of hydrogen-bond acceptors (Lipinski definition) is 5. The zero-order valence-electron chi connectivity index (χ0n) is 13.9. The minimum Gasteiger partial charge on any atom is -0.341 e. The fourth-order valence-electron chi connectivity index (χ4n) is 2.81. The largest absolute Gasteiger partial charge is 0.341 e. The second kappa shape index (κ2) is 7.09. The Morgan fingerprint density at radius 1 is 1.08 bits per heavy atom. The maximum absolute atomic E-state index is 12.6. The van der Waals surface area contributed by atoms with E-state index in [1.165, 1.54) is 12.1 Å². The quantitative estimate of drug-likeness (QED) is 0.740. The topological polar surface area (TPSA) is 61.8 Å². The van der Waals surface area contributed by atoms with Crippen molar-refractivity contribution in [3.63, 3.8) is 0 Å². The van der Waals surface area contributed by atoms with E-state index in [-0.39, 0.29) is 4.90 Å². The van der Waals surface area contributed by atoms with E-state index in [1.54, 1.807) is 25.1 Å². The standard InChI is InChI=1S/C19H20O5S/c1-3-16-9-11-18(12-10-16)25(20,21)24-15(2)19(22-13-14-23-19)17-7-5-4-6-8-17/h3-12,15H,1,13-14H2,2H3. The van der Waals surface area contributed by atoms with Gasteiger partial charge in [0.1, 0.15) is 6.10 Å². The molecule has 25 heavy (non-hydrogen) atoms. The average Bonchev–Trinajstić information content (AvgIpc) is 3.13. The first-order valence-electron chi connectivity index (χ1n) is 7.97. The maximum atomic E-state index is 12.6. The molecule has 132 valence electrons. The van der Waals surface area contributed by atoms with Crippen molar-refractivity contribution in [2.75, 3.05) is 13.2 Å². The summed E-state index contributed by atoms with van der Waals surface area (Å²) in [5.74, 6) is -1.24. The van der Waals surface area contributed by atoms with Gasteiger partial charge >= 0.3 is 0 Å². The predicted octanol–water partition coefficient (Wildman–Crippen LogP) is 3.32. The molecule has 0 aromatic heterocycles. The van der Waals surface area contributed by atoms with E-state index in [1.807, 2.05) is 30.3 Å². The molecule has 0 radical (unpaired) electrons. The molecule has 0 amide bonds. The molecule has 0 spiro atoms. The van der Waals surface area contributed by atoms with Gasteiger partial charge < -0.3 is 9.47 Å². The van der Waals surface area contributed by atoms with Gasteiger partial charge in [-0.2, -0.15) is 8.42 Å². The van der Waals surface area contributed by atoms with Gasteiger partial charge in [-0.05, 0) is 24.6 Å². The molecule has 0 aliphatic carbocycles. The summed E-state index contributed by atoms with van der Waals surface area (Å²) >= 11 is 0. The van der Waals surface area contributed by atoms with Crippen LogP contribution in [-0.2, 0) is 29.6 Å². The maximum Gasteiger partial charge on any atom is 0.297 e. The molecule has 3 rings (SSSR count). The summed E-state index contributed by atoms with van der Waals surface area (Å²) in [6.07, 6.45) is 0.784. The van der Waals surface area contributed by atoms with Crippen LogP contribution in [0.25, 0.3) is 6.08 Å². The minimum absolute atomic E-state index is 0.0751. The van der Waals surface area contributed by atoms with Crippen LogP contribution in [0, 0.1) is 0 Å². The van der Waals surface area contributed by atoms with Crippen molar-refractivity contribution >= 4 is 16.2 Å². The molecule has 1 saturated heterocycles. The monoisotopic (exact) mass is 360 g/mol. The lowest BCUT2D eigenvalue weighted by Crippen LogP contribution is -2.41. The van der Waals surface area contributed by atoms with Crippen molar-refractivity contribution in [3.8, 4) is 0 Å². The SMILES string of the molecule is C=Cc1ccc(S(=O)(=O)OC(C)C2(c3ccccc3)OCCO2)cc1. The normalized spacial score (nSPS) is 18.0. The van der Waals surface area contributed by atoms with E-state index in [4.69, 9.17) is 13.7 Å². The highest BCUT2D eigenvalue weighted by Crippen LogP contribution is 2.37. The third-order valence-electron chi connectivity index (χ3n) is 4.10. The first kappa shape index (κ1) is 17.8. The highest BCUT2D eigenvalue weighted by Gasteiger charge is 2.46. The third-order valence-corrected chi connectivity index (χ3v) is 5.49. The Bertz CT molecular complexity index is 822. The van der Waals surface area contributed by atoms with Crippen LogP contribution in [0.15, 0.2) is 66.1 Å². The third kappa shape index (κ3) is 3.52. The Kier molecular flexibility index (Phi) is 5.06. The van der Waals surface area contributed by atoms with Gasteiger partial charge in [0.2, 0.25) is 5.79 Å². The highest BCUT2D eigenvalue weighted by atomic mass is 32.2. The molecule has 1 atom stereocenters. The van der Waals surface area contributed by atoms with E-state index in [0.717, 1.165) is 11.1 Å². The summed E-state index contributed by atoms with van der Waals surface area (Å²) in [6, 6.07) is 15.5. The predicted molar refractivity (Wildman–Crippen MR) is 94.3 cm³/mol. The molecule has 0 bridgehead atoms. The number of benzene rings is 2. The Morgan fingerprint density at radius 2 is 1.68 bits per heavy atom. The smallest absolute Gasteiger partial charge is 0.297 e. The molecule has 1 heterocycles. The molecular weight excluding hydrogens is 340 g/mol. The van der Waals surface area contributed by atoms with Crippen LogP contribution < -0.4 is 0 Å². The minimum atomic E-state index is -3.96. The molecule has 5 nitrogen and oxygen atoms in total. The first-order chi connectivity index (χ1) is 12.0. The first-order valence-corrected chi connectivity index (χ1v) is 9.38. The molecule has 6 heteroatoms. The second-order valence-corrected chi connectivity index (χ2v) is 7.27. The summed E-state index contributed by atoms with van der Waals surface area (Å²) < 4.78 is 42.2. The summed E-state index contributed by atoms with van der Waals surface area (Å²) in [5, 5.41) is 0. The van der Waals surface area contributed by atoms with Crippen LogP contribution in [0.2, 0.25) is 0 Å². The van der Waals surface area contributed by atoms with Gasteiger partial charge in [0.15, 0.2) is 0 Å². The molecule has 1 fully saturated rings. The fourth-order valence-corrected chi connectivity index (χ4v) is 3.90. The van der Waals surface area contributed by atoms with Crippen LogP contribution in [0.4, 0.5) is 0 Å². The summed E-state index contributed by atoms with van der Waals surface area (Å²) in [7, 11) is -3.96. The Hall–Kier alpha value is -1.99. The van der Waals surface area contributed by atoms with Crippen LogP contribution in [-0.4, -0.2) is 27.7 Å². The van der Waals surface area contributed by atoms with E-state index >= 15 is 0 Å². The van der Waals surface area contributed by atoms with Gasteiger partial charge in [0, 0.05) is 5.56 Å². The van der Waals surface area contributed by atoms with Crippen LogP contribution >= 0.6 is 0 Å². The van der Waals surface area contributed by atoms with Gasteiger partial charge in [-0.3, -0.25) is 4.18 Å². The van der Waals surface area contributed by atoms with Crippen molar-refractivity contribution in [3.05, 3.63) is 72.3 Å². The van der Waals surface area contributed by atoms with Crippen LogP contribution in [0.5, 0.6) is 0 Å². The number of ether oxygens (including phenoxy) is 2. The van der Waals surface area contributed by atoms with E-state index in [2.05, 4.69) is 6.58 Å². The second-order valence-electron chi connectivity index (χ2n) is 5.70. The summed E-state index contributed by atoms with van der Waals surface area (Å²) in [6.45, 7) is 6.03. The van der Waals surface area contributed by atoms with Crippen molar-refractivity contribution in [2.45, 2.75) is 23.7 Å². The number of hydrogen-bond donors (Lipinski definition) is 0. The summed E-state index contributed by atoms with van der Waals surface area (Å²) in [5.41, 5.74) is 1.55. The highest BCUT2D eigenvalue weighted by molar-refractivity contribution is 7.86. The zero-order chi connectivity index (χ0) is 17.9. The number of rotatable bonds is 6. The van der Waals surface area contributed by atoms with E-state index in [0.29, 0.717) is 13.2 Å². The van der Waals surface area contributed by atoms with Gasteiger partial charge in [-0.15, -0.1) is 0 Å². The van der Waals surface area contributed by atoms with Crippen LogP contribution in [0.1, 0.15) is 18.1 Å². The Morgan fingerprint density at radius 3 is 2.24 bits per heavy atom. The van der Waals surface area contributed by atoms with Gasteiger partial charge in [0.25, 0.3) is 10.1 Å². The lowest BCUT2D eigenvalue weighted by atomic mass is 10.0.